The van der Waals surface area contributed by atoms with Gasteiger partial charge in [0.15, 0.2) is 0 Å². The van der Waals surface area contributed by atoms with Crippen molar-refractivity contribution in [3.05, 3.63) is 0 Å². The third kappa shape index (κ3) is 1.84. The molecular weight excluding hydrogens is 260 g/mol. The van der Waals surface area contributed by atoms with Gasteiger partial charge in [0.25, 0.3) is 0 Å². The minimum Gasteiger partial charge on any atom is -0.393 e. The lowest BCUT2D eigenvalue weighted by atomic mass is 9.44. The van der Waals surface area contributed by atoms with Crippen LogP contribution in [0.1, 0.15) is 71.6 Å². The minimum absolute atomic E-state index is 0.0154. The Hall–Kier alpha value is -0.0800. The van der Waals surface area contributed by atoms with Crippen LogP contribution in [0.5, 0.6) is 0 Å². The molecule has 2 nitrogen and oxygen atoms in total. The van der Waals surface area contributed by atoms with E-state index in [9.17, 15) is 10.2 Å². The Morgan fingerprint density at radius 1 is 0.857 bits per heavy atom. The molecule has 0 heterocycles. The standard InChI is InChI=1S/C19H32O2/c1-18-10-4-3-5-12(18)6-7-13-14-8-9-16(21)19(14,2)11-15(20)17(13)18/h12-17,20-21H,3-11H2,1-2H3/t12-,13-,14+,15+,16-,17+,18+,19+/m1/s1. The van der Waals surface area contributed by atoms with Crippen LogP contribution in [0.4, 0.5) is 0 Å². The maximum atomic E-state index is 11.0. The van der Waals surface area contributed by atoms with E-state index in [4.69, 9.17) is 0 Å². The van der Waals surface area contributed by atoms with E-state index in [2.05, 4.69) is 13.8 Å². The van der Waals surface area contributed by atoms with Gasteiger partial charge in [-0.15, -0.1) is 0 Å². The Balaban J connectivity index is 1.70. The van der Waals surface area contributed by atoms with Crippen LogP contribution in [0, 0.1) is 34.5 Å². The van der Waals surface area contributed by atoms with Crippen molar-refractivity contribution in [2.75, 3.05) is 0 Å². The zero-order valence-corrected chi connectivity index (χ0v) is 13.7. The molecule has 4 fully saturated rings. The van der Waals surface area contributed by atoms with Gasteiger partial charge in [-0.2, -0.15) is 0 Å². The molecule has 0 aromatic rings. The molecule has 0 amide bonds. The Labute approximate surface area is 129 Å². The first-order valence-corrected chi connectivity index (χ1v) is 9.33. The SMILES string of the molecule is C[C@]12CCCC[C@@H]1CC[C@H]1[C@H]2[C@@H](O)C[C@]2(C)[C@H](O)CC[C@@H]12. The molecule has 0 aromatic carbocycles. The van der Waals surface area contributed by atoms with Crippen LogP contribution in [-0.4, -0.2) is 22.4 Å². The van der Waals surface area contributed by atoms with Crippen molar-refractivity contribution in [3.8, 4) is 0 Å². The van der Waals surface area contributed by atoms with Crippen LogP contribution in [0.25, 0.3) is 0 Å². The summed E-state index contributed by atoms with van der Waals surface area (Å²) in [5.41, 5.74) is 0.355. The van der Waals surface area contributed by atoms with E-state index in [1.54, 1.807) is 0 Å². The lowest BCUT2D eigenvalue weighted by Gasteiger charge is -2.61. The summed E-state index contributed by atoms with van der Waals surface area (Å²) >= 11 is 0. The fourth-order valence-corrected chi connectivity index (χ4v) is 7.39. The normalized spacial score (nSPS) is 60.0. The number of aliphatic hydroxyl groups excluding tert-OH is 2. The van der Waals surface area contributed by atoms with E-state index in [-0.39, 0.29) is 17.6 Å². The molecule has 0 spiro atoms. The van der Waals surface area contributed by atoms with E-state index in [0.717, 1.165) is 18.8 Å². The molecule has 0 bridgehead atoms. The average Bonchev–Trinajstić information content (AvgIpc) is 2.73. The van der Waals surface area contributed by atoms with Crippen molar-refractivity contribution in [2.24, 2.45) is 34.5 Å². The summed E-state index contributed by atoms with van der Waals surface area (Å²) in [4.78, 5) is 0. The smallest absolute Gasteiger partial charge is 0.0597 e. The predicted molar refractivity (Wildman–Crippen MR) is 83.7 cm³/mol. The monoisotopic (exact) mass is 292 g/mol. The molecule has 4 aliphatic rings. The van der Waals surface area contributed by atoms with E-state index in [1.165, 1.54) is 44.9 Å². The number of aliphatic hydroxyl groups is 2. The number of fused-ring (bicyclic) bond motifs is 5. The van der Waals surface area contributed by atoms with Crippen molar-refractivity contribution in [1.29, 1.82) is 0 Å². The molecular formula is C19H32O2. The van der Waals surface area contributed by atoms with Crippen LogP contribution in [0.15, 0.2) is 0 Å². The summed E-state index contributed by atoms with van der Waals surface area (Å²) in [6.07, 6.45) is 10.7. The van der Waals surface area contributed by atoms with Gasteiger partial charge in [-0.1, -0.05) is 26.7 Å². The predicted octanol–water partition coefficient (Wildman–Crippen LogP) is 3.75. The molecule has 0 aromatic heterocycles. The molecule has 0 saturated heterocycles. The zero-order valence-electron chi connectivity index (χ0n) is 13.7. The van der Waals surface area contributed by atoms with E-state index >= 15 is 0 Å². The first-order valence-electron chi connectivity index (χ1n) is 9.33. The van der Waals surface area contributed by atoms with Crippen LogP contribution in [0.2, 0.25) is 0 Å². The zero-order chi connectivity index (χ0) is 14.8. The first-order chi connectivity index (χ1) is 9.97. The van der Waals surface area contributed by atoms with Gasteiger partial charge in [-0.05, 0) is 79.4 Å². The summed E-state index contributed by atoms with van der Waals surface area (Å²) in [7, 11) is 0. The molecule has 0 unspecified atom stereocenters. The van der Waals surface area contributed by atoms with E-state index in [1.807, 2.05) is 0 Å². The third-order valence-electron chi connectivity index (χ3n) is 8.46. The van der Waals surface area contributed by atoms with Crippen molar-refractivity contribution >= 4 is 0 Å². The average molecular weight is 292 g/mol. The molecule has 8 atom stereocenters. The molecule has 2 N–H and O–H groups in total. The van der Waals surface area contributed by atoms with E-state index < -0.39 is 0 Å². The van der Waals surface area contributed by atoms with Crippen LogP contribution < -0.4 is 0 Å². The van der Waals surface area contributed by atoms with Crippen LogP contribution in [-0.2, 0) is 0 Å². The van der Waals surface area contributed by atoms with E-state index in [0.29, 0.717) is 23.2 Å². The first kappa shape index (κ1) is 14.5. The third-order valence-corrected chi connectivity index (χ3v) is 8.46. The molecule has 0 radical (unpaired) electrons. The highest BCUT2D eigenvalue weighted by molar-refractivity contribution is 5.11. The number of hydrogen-bond donors (Lipinski definition) is 2. The van der Waals surface area contributed by atoms with Gasteiger partial charge in [-0.3, -0.25) is 0 Å². The molecule has 21 heavy (non-hydrogen) atoms. The fourth-order valence-electron chi connectivity index (χ4n) is 7.39. The Kier molecular flexibility index (Phi) is 3.25. The van der Waals surface area contributed by atoms with Gasteiger partial charge in [-0.25, -0.2) is 0 Å². The number of rotatable bonds is 0. The summed E-state index contributed by atoms with van der Waals surface area (Å²) in [6.45, 7) is 4.75. The Bertz CT molecular complexity index is 422. The highest BCUT2D eigenvalue weighted by atomic mass is 16.3. The van der Waals surface area contributed by atoms with Crippen LogP contribution >= 0.6 is 0 Å². The van der Waals surface area contributed by atoms with Gasteiger partial charge >= 0.3 is 0 Å². The molecule has 4 rings (SSSR count). The van der Waals surface area contributed by atoms with Crippen molar-refractivity contribution in [1.82, 2.24) is 0 Å². The van der Waals surface area contributed by atoms with Gasteiger partial charge in [0, 0.05) is 0 Å². The van der Waals surface area contributed by atoms with Gasteiger partial charge < -0.3 is 10.2 Å². The molecule has 0 aliphatic heterocycles. The maximum absolute atomic E-state index is 11.0. The molecule has 4 saturated carbocycles. The molecule has 120 valence electrons. The summed E-state index contributed by atoms with van der Waals surface area (Å²) in [5.74, 6) is 2.66. The fraction of sp³-hybridized carbons (Fsp3) is 1.00. The van der Waals surface area contributed by atoms with Gasteiger partial charge in [0.2, 0.25) is 0 Å². The maximum Gasteiger partial charge on any atom is 0.0597 e. The second-order valence-electron chi connectivity index (χ2n) is 9.19. The molecule has 4 aliphatic carbocycles. The van der Waals surface area contributed by atoms with Crippen molar-refractivity contribution < 1.29 is 10.2 Å². The lowest BCUT2D eigenvalue weighted by Crippen LogP contribution is -2.58. The quantitative estimate of drug-likeness (QED) is 0.714. The topological polar surface area (TPSA) is 40.5 Å². The summed E-state index contributed by atoms with van der Waals surface area (Å²) in [6, 6.07) is 0. The Morgan fingerprint density at radius 2 is 1.67 bits per heavy atom. The highest BCUT2D eigenvalue weighted by Gasteiger charge is 2.62. The second-order valence-corrected chi connectivity index (χ2v) is 9.19. The largest absolute Gasteiger partial charge is 0.393 e. The molecule has 2 heteroatoms. The van der Waals surface area contributed by atoms with Crippen molar-refractivity contribution in [2.45, 2.75) is 83.8 Å². The highest BCUT2D eigenvalue weighted by Crippen LogP contribution is 2.66. The number of hydrogen-bond acceptors (Lipinski definition) is 2. The summed E-state index contributed by atoms with van der Waals surface area (Å²) < 4.78 is 0. The lowest BCUT2D eigenvalue weighted by molar-refractivity contribution is -0.175. The van der Waals surface area contributed by atoms with Gasteiger partial charge in [0.1, 0.15) is 0 Å². The summed E-state index contributed by atoms with van der Waals surface area (Å²) in [5, 5.41) is 21.5. The van der Waals surface area contributed by atoms with Gasteiger partial charge in [0.05, 0.1) is 12.2 Å². The minimum atomic E-state index is -0.185. The van der Waals surface area contributed by atoms with Crippen LogP contribution in [0.3, 0.4) is 0 Å². The Morgan fingerprint density at radius 3 is 2.48 bits per heavy atom. The van der Waals surface area contributed by atoms with Crippen molar-refractivity contribution in [3.63, 3.8) is 0 Å². The second kappa shape index (κ2) is 4.71.